The van der Waals surface area contributed by atoms with E-state index in [4.69, 9.17) is 11.6 Å². The molecule has 2 fully saturated rings. The van der Waals surface area contributed by atoms with Crippen LogP contribution < -0.4 is 10.6 Å². The van der Waals surface area contributed by atoms with Crippen molar-refractivity contribution in [1.82, 2.24) is 5.32 Å². The van der Waals surface area contributed by atoms with Gasteiger partial charge in [0.15, 0.2) is 0 Å². The number of hydrogen-bond acceptors (Lipinski definition) is 2. The van der Waals surface area contributed by atoms with Gasteiger partial charge in [-0.3, -0.25) is 4.79 Å². The van der Waals surface area contributed by atoms with E-state index < -0.39 is 0 Å². The van der Waals surface area contributed by atoms with Crippen LogP contribution in [0.4, 0.5) is 5.69 Å². The Morgan fingerprint density at radius 2 is 2.05 bits per heavy atom. The summed E-state index contributed by atoms with van der Waals surface area (Å²) in [5.41, 5.74) is 1.77. The smallest absolute Gasteiger partial charge is 0.224 e. The average molecular weight is 293 g/mol. The maximum absolute atomic E-state index is 12.2. The van der Waals surface area contributed by atoms with Gasteiger partial charge in [0.25, 0.3) is 0 Å². The minimum atomic E-state index is 0.0903. The summed E-state index contributed by atoms with van der Waals surface area (Å²) >= 11 is 6.15. The van der Waals surface area contributed by atoms with Gasteiger partial charge in [-0.15, -0.1) is 0 Å². The average Bonchev–Trinajstić information content (AvgIpc) is 2.73. The van der Waals surface area contributed by atoms with Crippen LogP contribution in [0.2, 0.25) is 5.02 Å². The number of nitrogens with one attached hydrogen (secondary N) is 2. The fourth-order valence-corrected chi connectivity index (χ4v) is 3.85. The van der Waals surface area contributed by atoms with Gasteiger partial charge in [-0.05, 0) is 50.2 Å². The molecule has 108 valence electrons. The Balaban J connectivity index is 1.60. The number of amides is 1. The second-order valence-electron chi connectivity index (χ2n) is 6.16. The summed E-state index contributed by atoms with van der Waals surface area (Å²) in [5.74, 6) is 0.601. The molecule has 2 bridgehead atoms. The lowest BCUT2D eigenvalue weighted by atomic mass is 9.89. The largest absolute Gasteiger partial charge is 0.325 e. The van der Waals surface area contributed by atoms with Crippen LogP contribution in [0.3, 0.4) is 0 Å². The molecule has 0 aromatic heterocycles. The van der Waals surface area contributed by atoms with Gasteiger partial charge in [0.2, 0.25) is 5.91 Å². The number of benzene rings is 1. The summed E-state index contributed by atoms with van der Waals surface area (Å²) < 4.78 is 0. The van der Waals surface area contributed by atoms with Crippen LogP contribution in [0.25, 0.3) is 0 Å². The SMILES string of the molecule is Cc1cccc(Cl)c1NC(=O)CC1CC2CCC(C1)N2. The molecule has 1 aromatic carbocycles. The molecule has 1 aromatic rings. The number of anilines is 1. The molecule has 2 aliphatic rings. The third-order valence-corrected chi connectivity index (χ3v) is 4.85. The highest BCUT2D eigenvalue weighted by Crippen LogP contribution is 2.33. The van der Waals surface area contributed by atoms with Gasteiger partial charge in [0, 0.05) is 18.5 Å². The molecule has 1 amide bonds. The zero-order valence-electron chi connectivity index (χ0n) is 11.8. The first kappa shape index (κ1) is 13.9. The molecule has 2 N–H and O–H groups in total. The van der Waals surface area contributed by atoms with Crippen LogP contribution in [0.15, 0.2) is 18.2 Å². The van der Waals surface area contributed by atoms with Crippen molar-refractivity contribution in [2.75, 3.05) is 5.32 Å². The molecule has 2 heterocycles. The van der Waals surface area contributed by atoms with E-state index in [1.165, 1.54) is 12.8 Å². The van der Waals surface area contributed by atoms with Crippen molar-refractivity contribution in [1.29, 1.82) is 0 Å². The zero-order valence-corrected chi connectivity index (χ0v) is 12.5. The molecular weight excluding hydrogens is 272 g/mol. The summed E-state index contributed by atoms with van der Waals surface area (Å²) in [7, 11) is 0. The number of hydrogen-bond donors (Lipinski definition) is 2. The van der Waals surface area contributed by atoms with Gasteiger partial charge in [0.1, 0.15) is 0 Å². The molecule has 0 spiro atoms. The van der Waals surface area contributed by atoms with Gasteiger partial charge < -0.3 is 10.6 Å². The molecule has 2 unspecified atom stereocenters. The van der Waals surface area contributed by atoms with Gasteiger partial charge in [0.05, 0.1) is 10.7 Å². The highest BCUT2D eigenvalue weighted by molar-refractivity contribution is 6.33. The monoisotopic (exact) mass is 292 g/mol. The Labute approximate surface area is 125 Å². The van der Waals surface area contributed by atoms with Crippen molar-refractivity contribution in [3.8, 4) is 0 Å². The topological polar surface area (TPSA) is 41.1 Å². The van der Waals surface area contributed by atoms with E-state index in [0.29, 0.717) is 29.4 Å². The maximum Gasteiger partial charge on any atom is 0.224 e. The summed E-state index contributed by atoms with van der Waals surface area (Å²) in [4.78, 5) is 12.2. The van der Waals surface area contributed by atoms with E-state index in [2.05, 4.69) is 10.6 Å². The van der Waals surface area contributed by atoms with Crippen molar-refractivity contribution in [2.45, 2.75) is 51.1 Å². The predicted molar refractivity (Wildman–Crippen MR) is 82.1 cm³/mol. The van der Waals surface area contributed by atoms with Crippen LogP contribution in [0.5, 0.6) is 0 Å². The highest BCUT2D eigenvalue weighted by Gasteiger charge is 2.34. The Morgan fingerprint density at radius 1 is 1.35 bits per heavy atom. The first-order valence-corrected chi connectivity index (χ1v) is 7.80. The molecule has 20 heavy (non-hydrogen) atoms. The van der Waals surface area contributed by atoms with Crippen molar-refractivity contribution >= 4 is 23.2 Å². The van der Waals surface area contributed by atoms with Crippen LogP contribution in [0, 0.1) is 12.8 Å². The first-order valence-electron chi connectivity index (χ1n) is 7.43. The Kier molecular flexibility index (Phi) is 3.99. The van der Waals surface area contributed by atoms with E-state index in [1.54, 1.807) is 0 Å². The van der Waals surface area contributed by atoms with Crippen molar-refractivity contribution in [3.63, 3.8) is 0 Å². The van der Waals surface area contributed by atoms with Crippen molar-refractivity contribution in [2.24, 2.45) is 5.92 Å². The lowest BCUT2D eigenvalue weighted by molar-refractivity contribution is -0.117. The van der Waals surface area contributed by atoms with Crippen LogP contribution in [-0.2, 0) is 4.79 Å². The van der Waals surface area contributed by atoms with Gasteiger partial charge in [-0.1, -0.05) is 23.7 Å². The summed E-state index contributed by atoms with van der Waals surface area (Å²) in [6.45, 7) is 1.96. The molecule has 3 nitrogen and oxygen atoms in total. The number of carbonyl (C=O) groups excluding carboxylic acids is 1. The van der Waals surface area contributed by atoms with E-state index in [-0.39, 0.29) is 5.91 Å². The molecule has 2 saturated heterocycles. The predicted octanol–water partition coefficient (Wildman–Crippen LogP) is 3.51. The standard InChI is InChI=1S/C16H21ClN2O/c1-10-3-2-4-14(17)16(10)19-15(20)9-11-7-12-5-6-13(8-11)18-12/h2-4,11-13,18H,5-9H2,1H3,(H,19,20). The van der Waals surface area contributed by atoms with Gasteiger partial charge in [-0.2, -0.15) is 0 Å². The van der Waals surface area contributed by atoms with Crippen LogP contribution in [0.1, 0.15) is 37.7 Å². The van der Waals surface area contributed by atoms with Gasteiger partial charge in [-0.25, -0.2) is 0 Å². The summed E-state index contributed by atoms with van der Waals surface area (Å²) in [6, 6.07) is 6.95. The maximum atomic E-state index is 12.2. The number of para-hydroxylation sites is 1. The minimum absolute atomic E-state index is 0.0903. The lowest BCUT2D eigenvalue weighted by Gasteiger charge is -2.28. The molecular formula is C16H21ClN2O. The number of rotatable bonds is 3. The Hall–Kier alpha value is -1.06. The van der Waals surface area contributed by atoms with Crippen LogP contribution >= 0.6 is 11.6 Å². The number of aryl methyl sites for hydroxylation is 1. The fourth-order valence-electron chi connectivity index (χ4n) is 3.58. The van der Waals surface area contributed by atoms with E-state index in [0.717, 1.165) is 24.1 Å². The molecule has 0 saturated carbocycles. The molecule has 2 atom stereocenters. The number of fused-ring (bicyclic) bond motifs is 2. The fraction of sp³-hybridized carbons (Fsp3) is 0.562. The quantitative estimate of drug-likeness (QED) is 0.895. The normalized spacial score (nSPS) is 28.4. The highest BCUT2D eigenvalue weighted by atomic mass is 35.5. The third-order valence-electron chi connectivity index (χ3n) is 4.53. The molecule has 3 rings (SSSR count). The summed E-state index contributed by atoms with van der Waals surface area (Å²) in [5, 5.41) is 7.21. The lowest BCUT2D eigenvalue weighted by Crippen LogP contribution is -2.39. The van der Waals surface area contributed by atoms with Crippen LogP contribution in [-0.4, -0.2) is 18.0 Å². The molecule has 2 aliphatic heterocycles. The van der Waals surface area contributed by atoms with E-state index in [1.807, 2.05) is 25.1 Å². The van der Waals surface area contributed by atoms with Crippen molar-refractivity contribution < 1.29 is 4.79 Å². The van der Waals surface area contributed by atoms with Crippen molar-refractivity contribution in [3.05, 3.63) is 28.8 Å². The second-order valence-corrected chi connectivity index (χ2v) is 6.57. The van der Waals surface area contributed by atoms with Gasteiger partial charge >= 0.3 is 0 Å². The number of piperidine rings is 1. The zero-order chi connectivity index (χ0) is 14.1. The summed E-state index contributed by atoms with van der Waals surface area (Å²) in [6.07, 6.45) is 5.41. The molecule has 0 radical (unpaired) electrons. The number of carbonyl (C=O) groups is 1. The minimum Gasteiger partial charge on any atom is -0.325 e. The first-order chi connectivity index (χ1) is 9.61. The number of halogens is 1. The third kappa shape index (κ3) is 2.99. The van der Waals surface area contributed by atoms with E-state index >= 15 is 0 Å². The molecule has 0 aliphatic carbocycles. The second kappa shape index (κ2) is 5.74. The Bertz CT molecular complexity index is 485. The molecule has 4 heteroatoms. The Morgan fingerprint density at radius 3 is 2.70 bits per heavy atom. The van der Waals surface area contributed by atoms with E-state index in [9.17, 15) is 4.79 Å².